The summed E-state index contributed by atoms with van der Waals surface area (Å²) in [6.07, 6.45) is 1.61. The Hall–Kier alpha value is -4.22. The molecule has 0 unspecified atom stereocenters. The largest absolute Gasteiger partial charge is 0.492 e. The molecule has 0 aromatic heterocycles. The first-order valence-electron chi connectivity index (χ1n) is 10.4. The second-order valence-corrected chi connectivity index (χ2v) is 7.13. The molecule has 160 valence electrons. The Labute approximate surface area is 189 Å². The van der Waals surface area contributed by atoms with Crippen LogP contribution in [-0.4, -0.2) is 26.3 Å². The summed E-state index contributed by atoms with van der Waals surface area (Å²) in [5.74, 6) is 1.68. The lowest BCUT2D eigenvalue weighted by atomic mass is 10.0. The van der Waals surface area contributed by atoms with E-state index in [9.17, 15) is 0 Å². The molecule has 3 aromatic rings. The van der Waals surface area contributed by atoms with Crippen LogP contribution in [0.3, 0.4) is 0 Å². The van der Waals surface area contributed by atoms with Gasteiger partial charge in [0, 0.05) is 5.69 Å². The van der Waals surface area contributed by atoms with Gasteiger partial charge in [-0.1, -0.05) is 42.5 Å². The van der Waals surface area contributed by atoms with Gasteiger partial charge in [-0.25, -0.2) is 0 Å². The van der Waals surface area contributed by atoms with Crippen LogP contribution in [0.4, 0.5) is 5.69 Å². The van der Waals surface area contributed by atoms with Gasteiger partial charge in [0.15, 0.2) is 0 Å². The predicted octanol–water partition coefficient (Wildman–Crippen LogP) is 5.39. The zero-order valence-electron chi connectivity index (χ0n) is 18.1. The van der Waals surface area contributed by atoms with Crippen LogP contribution in [0.1, 0.15) is 11.1 Å². The molecule has 0 aliphatic carbocycles. The van der Waals surface area contributed by atoms with E-state index in [1.165, 1.54) is 0 Å². The van der Waals surface area contributed by atoms with Gasteiger partial charge in [-0.05, 0) is 60.5 Å². The van der Waals surface area contributed by atoms with Crippen LogP contribution in [0.2, 0.25) is 0 Å². The maximum atomic E-state index is 9.03. The van der Waals surface area contributed by atoms with Crippen molar-refractivity contribution in [1.29, 1.82) is 10.5 Å². The molecule has 0 atom stereocenters. The molecule has 5 heteroatoms. The number of hydrogen-bond donors (Lipinski definition) is 0. The van der Waals surface area contributed by atoms with Gasteiger partial charge in [0.1, 0.15) is 42.4 Å². The number of ether oxygens (including phenoxy) is 2. The van der Waals surface area contributed by atoms with Gasteiger partial charge in [-0.3, -0.25) is 0 Å². The highest BCUT2D eigenvalue weighted by atomic mass is 16.5. The SMILES string of the molecule is Cc1cc(N(CCOc2ccccc2)CCOc2ccccc2)ccc1C=C(C#N)C#N. The van der Waals surface area contributed by atoms with Crippen molar-refractivity contribution in [2.45, 2.75) is 6.92 Å². The number of allylic oxidation sites excluding steroid dienone is 1. The lowest BCUT2D eigenvalue weighted by Gasteiger charge is -2.26. The van der Waals surface area contributed by atoms with Crippen molar-refractivity contribution in [3.8, 4) is 23.6 Å². The smallest absolute Gasteiger partial charge is 0.130 e. The highest BCUT2D eigenvalue weighted by Gasteiger charge is 2.10. The molecule has 3 aromatic carbocycles. The number of nitrogens with zero attached hydrogens (tertiary/aromatic N) is 3. The van der Waals surface area contributed by atoms with E-state index in [1.807, 2.05) is 91.9 Å². The number of nitriles is 2. The molecule has 0 aliphatic heterocycles. The zero-order chi connectivity index (χ0) is 22.6. The van der Waals surface area contributed by atoms with Gasteiger partial charge in [0.25, 0.3) is 0 Å². The highest BCUT2D eigenvalue weighted by Crippen LogP contribution is 2.22. The minimum Gasteiger partial charge on any atom is -0.492 e. The van der Waals surface area contributed by atoms with E-state index in [-0.39, 0.29) is 5.57 Å². The van der Waals surface area contributed by atoms with E-state index in [2.05, 4.69) is 11.0 Å². The first kappa shape index (κ1) is 22.5. The third kappa shape index (κ3) is 6.65. The molecular formula is C27H25N3O2. The van der Waals surface area contributed by atoms with Crippen molar-refractivity contribution in [2.24, 2.45) is 0 Å². The van der Waals surface area contributed by atoms with Crippen LogP contribution in [0.25, 0.3) is 6.08 Å². The van der Waals surface area contributed by atoms with Crippen LogP contribution in [0.15, 0.2) is 84.4 Å². The molecule has 5 nitrogen and oxygen atoms in total. The maximum Gasteiger partial charge on any atom is 0.130 e. The summed E-state index contributed by atoms with van der Waals surface area (Å²) in [6, 6.07) is 29.3. The van der Waals surface area contributed by atoms with Crippen molar-refractivity contribution in [3.63, 3.8) is 0 Å². The van der Waals surface area contributed by atoms with Gasteiger partial charge in [-0.2, -0.15) is 10.5 Å². The number of rotatable bonds is 10. The quantitative estimate of drug-likeness (QED) is 0.409. The molecule has 0 N–H and O–H groups in total. The van der Waals surface area contributed by atoms with Gasteiger partial charge in [-0.15, -0.1) is 0 Å². The van der Waals surface area contributed by atoms with E-state index in [0.29, 0.717) is 26.3 Å². The fraction of sp³-hybridized carbons (Fsp3) is 0.185. The summed E-state index contributed by atoms with van der Waals surface area (Å²) in [4.78, 5) is 2.21. The van der Waals surface area contributed by atoms with Crippen molar-refractivity contribution in [2.75, 3.05) is 31.2 Å². The van der Waals surface area contributed by atoms with Gasteiger partial charge in [0.2, 0.25) is 0 Å². The monoisotopic (exact) mass is 423 g/mol. The minimum absolute atomic E-state index is 0.0882. The van der Waals surface area contributed by atoms with Crippen molar-refractivity contribution >= 4 is 11.8 Å². The Morgan fingerprint density at radius 3 is 1.81 bits per heavy atom. The molecule has 32 heavy (non-hydrogen) atoms. The van der Waals surface area contributed by atoms with Crippen molar-refractivity contribution in [1.82, 2.24) is 0 Å². The Balaban J connectivity index is 1.71. The van der Waals surface area contributed by atoms with Crippen LogP contribution < -0.4 is 14.4 Å². The Morgan fingerprint density at radius 1 is 0.812 bits per heavy atom. The Bertz CT molecular complexity index is 1050. The molecule has 0 saturated heterocycles. The molecular weight excluding hydrogens is 398 g/mol. The van der Waals surface area contributed by atoms with E-state index in [0.717, 1.165) is 28.3 Å². The maximum absolute atomic E-state index is 9.03. The summed E-state index contributed by atoms with van der Waals surface area (Å²) in [5.41, 5.74) is 2.96. The Morgan fingerprint density at radius 2 is 1.34 bits per heavy atom. The zero-order valence-corrected chi connectivity index (χ0v) is 18.1. The fourth-order valence-electron chi connectivity index (χ4n) is 3.21. The van der Waals surface area contributed by atoms with Crippen molar-refractivity contribution < 1.29 is 9.47 Å². The number of aryl methyl sites for hydroxylation is 1. The first-order valence-corrected chi connectivity index (χ1v) is 10.4. The summed E-state index contributed by atoms with van der Waals surface area (Å²) in [6.45, 7) is 4.40. The number of anilines is 1. The van der Waals surface area contributed by atoms with Crippen LogP contribution in [0, 0.1) is 29.6 Å². The molecule has 0 radical (unpaired) electrons. The topological polar surface area (TPSA) is 69.3 Å². The Kier molecular flexibility index (Phi) is 8.31. The highest BCUT2D eigenvalue weighted by molar-refractivity contribution is 5.66. The third-order valence-corrected chi connectivity index (χ3v) is 4.91. The molecule has 0 heterocycles. The second-order valence-electron chi connectivity index (χ2n) is 7.13. The standard InChI is InChI=1S/C27H25N3O2/c1-22-18-25(13-12-24(22)19-23(20-28)21-29)30(14-16-31-26-8-4-2-5-9-26)15-17-32-27-10-6-3-7-11-27/h2-13,18-19H,14-17H2,1H3. The number of benzene rings is 3. The lowest BCUT2D eigenvalue weighted by molar-refractivity contribution is 0.303. The molecule has 3 rings (SSSR count). The molecule has 0 fully saturated rings. The van der Waals surface area contributed by atoms with E-state index in [1.54, 1.807) is 6.08 Å². The van der Waals surface area contributed by atoms with Crippen LogP contribution in [-0.2, 0) is 0 Å². The van der Waals surface area contributed by atoms with E-state index < -0.39 is 0 Å². The summed E-state index contributed by atoms with van der Waals surface area (Å²) >= 11 is 0. The van der Waals surface area contributed by atoms with E-state index in [4.69, 9.17) is 20.0 Å². The normalized spacial score (nSPS) is 9.84. The molecule has 0 aliphatic rings. The van der Waals surface area contributed by atoms with Crippen molar-refractivity contribution in [3.05, 3.63) is 95.6 Å². The minimum atomic E-state index is 0.0882. The number of para-hydroxylation sites is 2. The second kappa shape index (κ2) is 11.8. The average molecular weight is 424 g/mol. The van der Waals surface area contributed by atoms with Crippen LogP contribution >= 0.6 is 0 Å². The molecule has 0 amide bonds. The first-order chi connectivity index (χ1) is 15.7. The molecule has 0 bridgehead atoms. The third-order valence-electron chi connectivity index (χ3n) is 4.91. The van der Waals surface area contributed by atoms with E-state index >= 15 is 0 Å². The van der Waals surface area contributed by atoms with Crippen LogP contribution in [0.5, 0.6) is 11.5 Å². The summed E-state index contributed by atoms with van der Waals surface area (Å²) < 4.78 is 11.8. The average Bonchev–Trinajstić information content (AvgIpc) is 2.83. The summed E-state index contributed by atoms with van der Waals surface area (Å²) in [5, 5.41) is 18.1. The summed E-state index contributed by atoms with van der Waals surface area (Å²) in [7, 11) is 0. The molecule has 0 spiro atoms. The fourth-order valence-corrected chi connectivity index (χ4v) is 3.21. The van der Waals surface area contributed by atoms with Gasteiger partial charge in [0.05, 0.1) is 13.1 Å². The lowest BCUT2D eigenvalue weighted by Crippen LogP contribution is -2.32. The molecule has 0 saturated carbocycles. The number of hydrogen-bond acceptors (Lipinski definition) is 5. The van der Waals surface area contributed by atoms with Gasteiger partial charge >= 0.3 is 0 Å². The van der Waals surface area contributed by atoms with Gasteiger partial charge < -0.3 is 14.4 Å². The predicted molar refractivity (Wildman–Crippen MR) is 126 cm³/mol.